The maximum absolute atomic E-state index is 4.87. The van der Waals surface area contributed by atoms with Crippen molar-refractivity contribution in [2.75, 3.05) is 0 Å². The molecule has 0 unspecified atom stereocenters. The number of benzene rings is 3. The Morgan fingerprint density at radius 2 is 0.922 bits per heavy atom. The highest BCUT2D eigenvalue weighted by molar-refractivity contribution is 5.82. The lowest BCUT2D eigenvalue weighted by atomic mass is 10.0. The number of hydrogen-bond donors (Lipinski definition) is 0. The molecule has 0 N–H and O–H groups in total. The van der Waals surface area contributed by atoms with Crippen molar-refractivity contribution >= 4 is 32.8 Å². The Labute approximate surface area is 378 Å². The van der Waals surface area contributed by atoms with E-state index in [1.807, 2.05) is 48.8 Å². The summed E-state index contributed by atoms with van der Waals surface area (Å²) in [5.41, 5.74) is 14.7. The van der Waals surface area contributed by atoms with Crippen LogP contribution in [0.1, 0.15) is 86.8 Å². The van der Waals surface area contributed by atoms with Crippen LogP contribution in [0.3, 0.4) is 0 Å². The van der Waals surface area contributed by atoms with Crippen LogP contribution < -0.4 is 13.7 Å². The largest absolute Gasteiger partial charge is 0.331 e. The average Bonchev–Trinajstić information content (AvgIpc) is 3.26. The van der Waals surface area contributed by atoms with E-state index in [-0.39, 0.29) is 0 Å². The third kappa shape index (κ3) is 9.99. The van der Waals surface area contributed by atoms with Gasteiger partial charge in [-0.15, -0.1) is 0 Å². The number of nitrogens with zero attached hydrogens (tertiary/aromatic N) is 9. The Bertz CT molecular complexity index is 3050. The SMILES string of the molecule is Cc1ccccc1-c1nc2cc(C(C)C)cnc2c[n+]1C.Cc1ccccc1-c1nc2cncc(C(C)C)c2c[n+]1C.Cc1ccccc1-c1nc2cncc(CC(C)C)c2c[n+]1C. The Balaban J connectivity index is 0.000000144. The van der Waals surface area contributed by atoms with Crippen LogP contribution in [0.2, 0.25) is 0 Å². The highest BCUT2D eigenvalue weighted by Gasteiger charge is 2.22. The molecule has 0 atom stereocenters. The van der Waals surface area contributed by atoms with Gasteiger partial charge < -0.3 is 0 Å². The standard InChI is InChI=1S/C19H22N3.2C18H20N3/c1-13(2)9-15-10-20-11-18-17(15)12-22(4)19(21-18)16-8-6-5-7-14(16)3;1-12(2)14-9-16-17(19-10-14)11-21(4)18(20-16)15-8-6-5-7-13(15)3;1-12(2)15-9-19-10-17-16(15)11-21(4)18(20-17)14-8-6-5-7-13(14)3/h5-8,10-13H,9H2,1-4H3;2*5-12H,1-4H3/q3*+1. The lowest BCUT2D eigenvalue weighted by Gasteiger charge is -2.08. The highest BCUT2D eigenvalue weighted by atomic mass is 15.0. The molecule has 3 aromatic carbocycles. The van der Waals surface area contributed by atoms with Gasteiger partial charge in [-0.1, -0.05) is 96.1 Å². The van der Waals surface area contributed by atoms with Crippen LogP contribution in [0.25, 0.3) is 67.0 Å². The molecule has 0 amide bonds. The Kier molecular flexibility index (Phi) is 13.9. The minimum Gasteiger partial charge on any atom is -0.260 e. The van der Waals surface area contributed by atoms with E-state index in [0.29, 0.717) is 17.8 Å². The monoisotopic (exact) mass is 849 g/mol. The van der Waals surface area contributed by atoms with Gasteiger partial charge in [0.15, 0.2) is 5.52 Å². The van der Waals surface area contributed by atoms with Crippen molar-refractivity contribution < 1.29 is 13.7 Å². The smallest absolute Gasteiger partial charge is 0.260 e. The van der Waals surface area contributed by atoms with Gasteiger partial charge >= 0.3 is 17.5 Å². The number of pyridine rings is 3. The van der Waals surface area contributed by atoms with Crippen molar-refractivity contribution in [1.29, 1.82) is 0 Å². The predicted molar refractivity (Wildman–Crippen MR) is 259 cm³/mol. The van der Waals surface area contributed by atoms with Crippen molar-refractivity contribution in [2.24, 2.45) is 27.1 Å². The summed E-state index contributed by atoms with van der Waals surface area (Å²) in [4.78, 5) is 27.8. The molecule has 9 heteroatoms. The van der Waals surface area contributed by atoms with E-state index in [9.17, 15) is 0 Å². The van der Waals surface area contributed by atoms with E-state index in [1.165, 1.54) is 49.7 Å². The molecule has 0 spiro atoms. The van der Waals surface area contributed by atoms with Crippen molar-refractivity contribution in [2.45, 2.75) is 80.6 Å². The minimum absolute atomic E-state index is 0.437. The zero-order valence-corrected chi connectivity index (χ0v) is 39.6. The molecular weight excluding hydrogens is 787 g/mol. The normalized spacial score (nSPS) is 11.3. The summed E-state index contributed by atoms with van der Waals surface area (Å²) in [6.45, 7) is 19.5. The summed E-state index contributed by atoms with van der Waals surface area (Å²) in [6.07, 6.45) is 17.0. The van der Waals surface area contributed by atoms with Crippen LogP contribution in [0.15, 0.2) is 128 Å². The zero-order valence-electron chi connectivity index (χ0n) is 39.6. The van der Waals surface area contributed by atoms with Crippen LogP contribution >= 0.6 is 0 Å². The number of hydrogen-bond acceptors (Lipinski definition) is 6. The van der Waals surface area contributed by atoms with Crippen molar-refractivity contribution in [1.82, 2.24) is 29.9 Å². The first-order valence-corrected chi connectivity index (χ1v) is 22.3. The maximum atomic E-state index is 4.87. The van der Waals surface area contributed by atoms with Gasteiger partial charge in [0, 0.05) is 18.6 Å². The first-order valence-electron chi connectivity index (χ1n) is 22.3. The second-order valence-electron chi connectivity index (χ2n) is 17.9. The average molecular weight is 849 g/mol. The van der Waals surface area contributed by atoms with E-state index in [1.54, 1.807) is 0 Å². The van der Waals surface area contributed by atoms with Gasteiger partial charge in [-0.05, 0) is 118 Å². The quantitative estimate of drug-likeness (QED) is 0.148. The molecule has 0 saturated carbocycles. The van der Waals surface area contributed by atoms with E-state index >= 15 is 0 Å². The summed E-state index contributed by atoms with van der Waals surface area (Å²) in [7, 11) is 6.14. The number of rotatable bonds is 7. The van der Waals surface area contributed by atoms with Gasteiger partial charge in [0.25, 0.3) is 0 Å². The molecule has 0 bridgehead atoms. The second-order valence-corrected chi connectivity index (χ2v) is 17.9. The van der Waals surface area contributed by atoms with Gasteiger partial charge in [0.1, 0.15) is 18.6 Å². The number of aromatic nitrogens is 9. The minimum atomic E-state index is 0.437. The first kappa shape index (κ1) is 45.2. The fraction of sp³-hybridized carbons (Fsp3) is 0.291. The van der Waals surface area contributed by atoms with Gasteiger partial charge in [0.2, 0.25) is 16.6 Å². The van der Waals surface area contributed by atoms with Crippen LogP contribution in [-0.2, 0) is 27.6 Å². The van der Waals surface area contributed by atoms with Crippen LogP contribution in [0.4, 0.5) is 0 Å². The molecular formula is C55H62N9+3. The number of fused-ring (bicyclic) bond motifs is 3. The molecule has 6 heterocycles. The summed E-state index contributed by atoms with van der Waals surface area (Å²) in [6, 6.07) is 27.2. The van der Waals surface area contributed by atoms with Crippen LogP contribution in [-0.4, -0.2) is 29.9 Å². The van der Waals surface area contributed by atoms with Gasteiger partial charge in [0.05, 0.1) is 61.0 Å². The van der Waals surface area contributed by atoms with Crippen molar-refractivity contribution in [3.63, 3.8) is 0 Å². The molecule has 64 heavy (non-hydrogen) atoms. The molecule has 0 aliphatic rings. The Hall–Kier alpha value is -6.87. The lowest BCUT2D eigenvalue weighted by molar-refractivity contribution is -0.661. The van der Waals surface area contributed by atoms with E-state index in [2.05, 4.69) is 192 Å². The molecule has 0 aliphatic carbocycles. The predicted octanol–water partition coefficient (Wildman–Crippen LogP) is 10.7. The third-order valence-corrected chi connectivity index (χ3v) is 11.7. The van der Waals surface area contributed by atoms with Gasteiger partial charge in [-0.2, -0.15) is 0 Å². The molecule has 9 nitrogen and oxygen atoms in total. The van der Waals surface area contributed by atoms with Crippen molar-refractivity contribution in [3.05, 3.63) is 162 Å². The highest BCUT2D eigenvalue weighted by Crippen LogP contribution is 2.27. The molecule has 9 rings (SSSR count). The number of aryl methyl sites for hydroxylation is 6. The van der Waals surface area contributed by atoms with Gasteiger partial charge in [-0.25, -0.2) is 18.7 Å². The first-order chi connectivity index (χ1) is 30.7. The van der Waals surface area contributed by atoms with Gasteiger partial charge in [-0.3, -0.25) is 9.97 Å². The zero-order chi connectivity index (χ0) is 45.7. The topological polar surface area (TPSA) is 89.0 Å². The maximum Gasteiger partial charge on any atom is 0.331 e. The molecule has 9 aromatic rings. The molecule has 324 valence electrons. The molecule has 0 saturated heterocycles. The summed E-state index contributed by atoms with van der Waals surface area (Å²) >= 11 is 0. The molecule has 0 radical (unpaired) electrons. The Morgan fingerprint density at radius 3 is 1.41 bits per heavy atom. The van der Waals surface area contributed by atoms with E-state index in [4.69, 9.17) is 15.0 Å². The summed E-state index contributed by atoms with van der Waals surface area (Å²) < 4.78 is 6.28. The fourth-order valence-electron chi connectivity index (χ4n) is 8.05. The van der Waals surface area contributed by atoms with Crippen LogP contribution in [0.5, 0.6) is 0 Å². The fourth-order valence-corrected chi connectivity index (χ4v) is 8.05. The molecule has 6 aromatic heterocycles. The second kappa shape index (κ2) is 19.7. The molecule has 0 aliphatic heterocycles. The van der Waals surface area contributed by atoms with E-state index in [0.717, 1.165) is 57.1 Å². The third-order valence-electron chi connectivity index (χ3n) is 11.7. The van der Waals surface area contributed by atoms with E-state index < -0.39 is 0 Å². The van der Waals surface area contributed by atoms with Crippen LogP contribution in [0, 0.1) is 26.7 Å². The molecule has 0 fully saturated rings. The summed E-state index contributed by atoms with van der Waals surface area (Å²) in [5, 5.41) is 2.38. The van der Waals surface area contributed by atoms with Crippen molar-refractivity contribution in [3.8, 4) is 34.2 Å². The lowest BCUT2D eigenvalue weighted by Crippen LogP contribution is -2.32. The summed E-state index contributed by atoms with van der Waals surface area (Å²) in [5.74, 6) is 4.43. The Morgan fingerprint density at radius 1 is 0.469 bits per heavy atom.